The van der Waals surface area contributed by atoms with Crippen molar-refractivity contribution in [3.63, 3.8) is 0 Å². The summed E-state index contributed by atoms with van der Waals surface area (Å²) in [5.74, 6) is 1.18. The molecule has 122 valence electrons. The average Bonchev–Trinajstić information content (AvgIpc) is 3.04. The number of carbonyl (C=O) groups is 1. The molecule has 2 N–H and O–H groups in total. The topological polar surface area (TPSA) is 85.5 Å². The van der Waals surface area contributed by atoms with Crippen molar-refractivity contribution in [2.75, 3.05) is 26.9 Å². The monoisotopic (exact) mass is 317 g/mol. The molecule has 7 nitrogen and oxygen atoms in total. The number of methoxy groups -OCH3 is 1. The first-order valence-electron chi connectivity index (χ1n) is 7.42. The molecule has 0 radical (unpaired) electrons. The van der Waals surface area contributed by atoms with Gasteiger partial charge >= 0.3 is 0 Å². The lowest BCUT2D eigenvalue weighted by atomic mass is 10.1. The van der Waals surface area contributed by atoms with E-state index in [1.165, 1.54) is 6.20 Å². The fourth-order valence-electron chi connectivity index (χ4n) is 2.47. The minimum Gasteiger partial charge on any atom is -0.486 e. The van der Waals surface area contributed by atoms with E-state index >= 15 is 0 Å². The number of aromatic amines is 1. The molecule has 0 saturated carbocycles. The van der Waals surface area contributed by atoms with Crippen molar-refractivity contribution < 1.29 is 19.0 Å². The highest BCUT2D eigenvalue weighted by Crippen LogP contribution is 2.34. The molecule has 7 heteroatoms. The summed E-state index contributed by atoms with van der Waals surface area (Å²) in [5, 5.41) is 9.75. The summed E-state index contributed by atoms with van der Waals surface area (Å²) >= 11 is 0. The van der Waals surface area contributed by atoms with Gasteiger partial charge in [0.25, 0.3) is 5.91 Å². The van der Waals surface area contributed by atoms with Gasteiger partial charge in [0, 0.05) is 18.7 Å². The Hall–Kier alpha value is -2.54. The van der Waals surface area contributed by atoms with E-state index in [9.17, 15) is 4.79 Å². The lowest BCUT2D eigenvalue weighted by Crippen LogP contribution is -2.35. The molecule has 0 saturated heterocycles. The van der Waals surface area contributed by atoms with Gasteiger partial charge in [-0.2, -0.15) is 5.10 Å². The summed E-state index contributed by atoms with van der Waals surface area (Å²) < 4.78 is 16.1. The molecule has 23 heavy (non-hydrogen) atoms. The number of benzene rings is 1. The number of aromatic nitrogens is 2. The van der Waals surface area contributed by atoms with Gasteiger partial charge in [0.1, 0.15) is 13.2 Å². The number of nitrogens with one attached hydrogen (secondary N) is 2. The van der Waals surface area contributed by atoms with Crippen LogP contribution in [0.3, 0.4) is 0 Å². The standard InChI is InChI=1S/C16H19N3O4/c1-10(9-21-2)18-16(20)12-8-17-19-15(12)11-3-4-13-14(7-11)23-6-5-22-13/h3-4,7-8,10H,5-6,9H2,1-2H3,(H,17,19)(H,18,20)/t10-/m1/s1. The van der Waals surface area contributed by atoms with Crippen LogP contribution in [0.5, 0.6) is 11.5 Å². The molecule has 1 aliphatic heterocycles. The summed E-state index contributed by atoms with van der Waals surface area (Å²) in [5.41, 5.74) is 1.94. The van der Waals surface area contributed by atoms with Crippen molar-refractivity contribution in [1.82, 2.24) is 15.5 Å². The number of nitrogens with zero attached hydrogens (tertiary/aromatic N) is 1. The van der Waals surface area contributed by atoms with E-state index < -0.39 is 0 Å². The lowest BCUT2D eigenvalue weighted by Gasteiger charge is -2.19. The van der Waals surface area contributed by atoms with Crippen LogP contribution >= 0.6 is 0 Å². The van der Waals surface area contributed by atoms with E-state index in [1.54, 1.807) is 7.11 Å². The van der Waals surface area contributed by atoms with Crippen LogP contribution in [0.15, 0.2) is 24.4 Å². The first-order chi connectivity index (χ1) is 11.2. The predicted molar refractivity (Wildman–Crippen MR) is 83.8 cm³/mol. The Morgan fingerprint density at radius 2 is 2.17 bits per heavy atom. The molecule has 1 amide bonds. The minimum absolute atomic E-state index is 0.0875. The molecule has 0 aliphatic carbocycles. The Kier molecular flexibility index (Phi) is 4.47. The van der Waals surface area contributed by atoms with Crippen molar-refractivity contribution in [3.8, 4) is 22.8 Å². The van der Waals surface area contributed by atoms with E-state index in [0.717, 1.165) is 5.56 Å². The number of H-pyrrole nitrogens is 1. The van der Waals surface area contributed by atoms with Crippen LogP contribution < -0.4 is 14.8 Å². The van der Waals surface area contributed by atoms with Gasteiger partial charge in [-0.15, -0.1) is 0 Å². The summed E-state index contributed by atoms with van der Waals surface area (Å²) in [7, 11) is 1.60. The van der Waals surface area contributed by atoms with E-state index in [1.807, 2.05) is 25.1 Å². The molecule has 1 aliphatic rings. The van der Waals surface area contributed by atoms with Crippen LogP contribution in [0, 0.1) is 0 Å². The van der Waals surface area contributed by atoms with E-state index in [2.05, 4.69) is 15.5 Å². The zero-order valence-corrected chi connectivity index (χ0v) is 13.1. The fraction of sp³-hybridized carbons (Fsp3) is 0.375. The second kappa shape index (κ2) is 6.70. The van der Waals surface area contributed by atoms with Gasteiger partial charge in [0.2, 0.25) is 0 Å². The van der Waals surface area contributed by atoms with Gasteiger partial charge in [-0.1, -0.05) is 0 Å². The third-order valence-corrected chi connectivity index (χ3v) is 3.51. The van der Waals surface area contributed by atoms with E-state index in [0.29, 0.717) is 42.6 Å². The lowest BCUT2D eigenvalue weighted by molar-refractivity contribution is 0.0906. The van der Waals surface area contributed by atoms with Crippen molar-refractivity contribution in [2.45, 2.75) is 13.0 Å². The van der Waals surface area contributed by atoms with Gasteiger partial charge in [0.05, 0.1) is 24.1 Å². The Labute approximate surface area is 133 Å². The summed E-state index contributed by atoms with van der Waals surface area (Å²) in [6.45, 7) is 3.39. The first-order valence-corrected chi connectivity index (χ1v) is 7.42. The first kappa shape index (κ1) is 15.4. The van der Waals surface area contributed by atoms with Crippen molar-refractivity contribution in [2.24, 2.45) is 0 Å². The third-order valence-electron chi connectivity index (χ3n) is 3.51. The number of carbonyl (C=O) groups excluding carboxylic acids is 1. The third kappa shape index (κ3) is 3.29. The molecule has 0 fully saturated rings. The molecule has 2 heterocycles. The quantitative estimate of drug-likeness (QED) is 0.875. The highest BCUT2D eigenvalue weighted by Gasteiger charge is 2.19. The summed E-state index contributed by atoms with van der Waals surface area (Å²) in [4.78, 5) is 12.4. The fourth-order valence-corrected chi connectivity index (χ4v) is 2.47. The largest absolute Gasteiger partial charge is 0.486 e. The average molecular weight is 317 g/mol. The molecular formula is C16H19N3O4. The molecule has 0 spiro atoms. The maximum Gasteiger partial charge on any atom is 0.255 e. The highest BCUT2D eigenvalue weighted by molar-refractivity contribution is 6.00. The molecule has 1 aromatic carbocycles. The molecule has 0 bridgehead atoms. The predicted octanol–water partition coefficient (Wildman–Crippen LogP) is 1.61. The van der Waals surface area contributed by atoms with Crippen molar-refractivity contribution in [1.29, 1.82) is 0 Å². The second-order valence-electron chi connectivity index (χ2n) is 5.35. The van der Waals surface area contributed by atoms with Crippen molar-refractivity contribution >= 4 is 5.91 Å². The van der Waals surface area contributed by atoms with Crippen LogP contribution in [-0.2, 0) is 4.74 Å². The van der Waals surface area contributed by atoms with E-state index in [-0.39, 0.29) is 11.9 Å². The van der Waals surface area contributed by atoms with Crippen LogP contribution in [0.4, 0.5) is 0 Å². The minimum atomic E-state index is -0.201. The number of rotatable bonds is 5. The molecule has 1 atom stereocenters. The zero-order chi connectivity index (χ0) is 16.2. The maximum atomic E-state index is 12.4. The molecule has 3 rings (SSSR count). The highest BCUT2D eigenvalue weighted by atomic mass is 16.6. The Bertz CT molecular complexity index is 698. The zero-order valence-electron chi connectivity index (χ0n) is 13.1. The molecule has 2 aromatic rings. The Balaban J connectivity index is 1.84. The molecule has 0 unspecified atom stereocenters. The van der Waals surface area contributed by atoms with Crippen LogP contribution in [0.1, 0.15) is 17.3 Å². The SMILES string of the molecule is COC[C@@H](C)NC(=O)c1cn[nH]c1-c1ccc2c(c1)OCCO2. The number of amides is 1. The molecular weight excluding hydrogens is 298 g/mol. The van der Waals surface area contributed by atoms with Crippen LogP contribution in [0.2, 0.25) is 0 Å². The van der Waals surface area contributed by atoms with Gasteiger partial charge < -0.3 is 19.5 Å². The van der Waals surface area contributed by atoms with Gasteiger partial charge in [0.15, 0.2) is 11.5 Å². The van der Waals surface area contributed by atoms with Gasteiger partial charge in [-0.3, -0.25) is 9.89 Å². The normalized spacial score (nSPS) is 14.3. The second-order valence-corrected chi connectivity index (χ2v) is 5.35. The number of fused-ring (bicyclic) bond motifs is 1. The summed E-state index contributed by atoms with van der Waals surface area (Å²) in [6, 6.07) is 5.46. The number of ether oxygens (including phenoxy) is 3. The number of hydrogen-bond donors (Lipinski definition) is 2. The van der Waals surface area contributed by atoms with Crippen molar-refractivity contribution in [3.05, 3.63) is 30.0 Å². The Morgan fingerprint density at radius 3 is 2.96 bits per heavy atom. The number of hydrogen-bond acceptors (Lipinski definition) is 5. The van der Waals surface area contributed by atoms with Gasteiger partial charge in [-0.25, -0.2) is 0 Å². The van der Waals surface area contributed by atoms with E-state index in [4.69, 9.17) is 14.2 Å². The maximum absolute atomic E-state index is 12.4. The van der Waals surface area contributed by atoms with Crippen LogP contribution in [-0.4, -0.2) is 49.1 Å². The molecule has 1 aromatic heterocycles. The van der Waals surface area contributed by atoms with Gasteiger partial charge in [-0.05, 0) is 25.1 Å². The smallest absolute Gasteiger partial charge is 0.255 e. The van der Waals surface area contributed by atoms with Crippen LogP contribution in [0.25, 0.3) is 11.3 Å². The Morgan fingerprint density at radius 1 is 1.39 bits per heavy atom. The summed E-state index contributed by atoms with van der Waals surface area (Å²) in [6.07, 6.45) is 1.51.